The summed E-state index contributed by atoms with van der Waals surface area (Å²) in [6.07, 6.45) is 1.21. The second-order valence-corrected chi connectivity index (χ2v) is 8.90. The minimum absolute atomic E-state index is 0.380. The zero-order chi connectivity index (χ0) is 13.9. The lowest BCUT2D eigenvalue weighted by molar-refractivity contribution is 0.456. The molecule has 0 unspecified atom stereocenters. The molecular formula is C11H17N3O2S3. The second-order valence-electron chi connectivity index (χ2n) is 4.27. The highest BCUT2D eigenvalue weighted by molar-refractivity contribution is 7.99. The summed E-state index contributed by atoms with van der Waals surface area (Å²) in [6.45, 7) is 2.30. The predicted molar refractivity (Wildman–Crippen MR) is 81.7 cm³/mol. The van der Waals surface area contributed by atoms with Crippen LogP contribution in [0.4, 0.5) is 0 Å². The molecule has 1 aromatic rings. The maximum atomic E-state index is 11.4. The van der Waals surface area contributed by atoms with Gasteiger partial charge in [-0.15, -0.1) is 11.3 Å². The van der Waals surface area contributed by atoms with Crippen molar-refractivity contribution in [3.63, 3.8) is 0 Å². The fraction of sp³-hybridized carbons (Fsp3) is 0.545. The summed E-state index contributed by atoms with van der Waals surface area (Å²) in [4.78, 5) is 7.32. The molecule has 0 radical (unpaired) electrons. The Morgan fingerprint density at radius 3 is 2.68 bits per heavy atom. The third-order valence-electron chi connectivity index (χ3n) is 2.73. The minimum Gasteiger partial charge on any atom is -0.370 e. The van der Waals surface area contributed by atoms with Crippen LogP contribution in [-0.2, 0) is 16.4 Å². The Kier molecular flexibility index (Phi) is 4.75. The molecule has 8 heteroatoms. The van der Waals surface area contributed by atoms with Crippen molar-refractivity contribution in [2.24, 2.45) is 10.7 Å². The Morgan fingerprint density at radius 2 is 2.11 bits per heavy atom. The summed E-state index contributed by atoms with van der Waals surface area (Å²) in [7, 11) is -3.12. The maximum Gasteiger partial charge on any atom is 0.191 e. The second kappa shape index (κ2) is 6.15. The van der Waals surface area contributed by atoms with Gasteiger partial charge in [0.25, 0.3) is 0 Å². The molecule has 0 bridgehead atoms. The third-order valence-corrected chi connectivity index (χ3v) is 6.57. The van der Waals surface area contributed by atoms with Crippen molar-refractivity contribution in [3.8, 4) is 0 Å². The number of aliphatic imine (C=N–C) groups is 1. The van der Waals surface area contributed by atoms with Gasteiger partial charge in [0.05, 0.1) is 6.54 Å². The average molecular weight is 319 g/mol. The third kappa shape index (κ3) is 4.12. The van der Waals surface area contributed by atoms with Gasteiger partial charge in [-0.25, -0.2) is 13.4 Å². The topological polar surface area (TPSA) is 75.8 Å². The Morgan fingerprint density at radius 1 is 1.42 bits per heavy atom. The SMILES string of the molecule is CS(=O)(=O)c1ccc(CN=C(N)N2CCSCC2)s1. The number of thiophene rings is 1. The molecule has 19 heavy (non-hydrogen) atoms. The van der Waals surface area contributed by atoms with Crippen molar-refractivity contribution in [1.82, 2.24) is 4.90 Å². The van der Waals surface area contributed by atoms with Crippen LogP contribution in [0.2, 0.25) is 0 Å². The molecule has 2 N–H and O–H groups in total. The fourth-order valence-corrected chi connectivity index (χ4v) is 4.50. The van der Waals surface area contributed by atoms with Gasteiger partial charge in [-0.1, -0.05) is 0 Å². The summed E-state index contributed by atoms with van der Waals surface area (Å²) in [5.74, 6) is 2.70. The molecule has 0 amide bonds. The van der Waals surface area contributed by atoms with Crippen LogP contribution in [-0.4, -0.2) is 50.1 Å². The number of guanidine groups is 1. The molecule has 0 spiro atoms. The lowest BCUT2D eigenvalue weighted by Crippen LogP contribution is -2.42. The number of nitrogens with two attached hydrogens (primary N) is 1. The highest BCUT2D eigenvalue weighted by Crippen LogP contribution is 2.22. The van der Waals surface area contributed by atoms with Gasteiger partial charge in [-0.05, 0) is 12.1 Å². The molecule has 2 heterocycles. The van der Waals surface area contributed by atoms with Crippen LogP contribution < -0.4 is 5.73 Å². The van der Waals surface area contributed by atoms with Crippen LogP contribution in [0.15, 0.2) is 21.3 Å². The lowest BCUT2D eigenvalue weighted by atomic mass is 10.5. The van der Waals surface area contributed by atoms with Gasteiger partial charge in [0, 0.05) is 35.7 Å². The first kappa shape index (κ1) is 14.7. The number of sulfone groups is 1. The number of hydrogen-bond donors (Lipinski definition) is 1. The van der Waals surface area contributed by atoms with E-state index in [-0.39, 0.29) is 0 Å². The van der Waals surface area contributed by atoms with E-state index in [4.69, 9.17) is 5.73 Å². The van der Waals surface area contributed by atoms with Crippen LogP contribution >= 0.6 is 23.1 Å². The van der Waals surface area contributed by atoms with E-state index in [1.807, 2.05) is 11.8 Å². The highest BCUT2D eigenvalue weighted by Gasteiger charge is 2.13. The van der Waals surface area contributed by atoms with Crippen molar-refractivity contribution in [2.75, 3.05) is 30.9 Å². The summed E-state index contributed by atoms with van der Waals surface area (Å²) in [5.41, 5.74) is 5.94. The Bertz CT molecular complexity index is 559. The van der Waals surface area contributed by atoms with Gasteiger partial charge < -0.3 is 10.6 Å². The molecule has 0 aromatic carbocycles. The van der Waals surface area contributed by atoms with E-state index in [9.17, 15) is 8.42 Å². The monoisotopic (exact) mass is 319 g/mol. The van der Waals surface area contributed by atoms with Crippen LogP contribution in [0.1, 0.15) is 4.88 Å². The number of thioether (sulfide) groups is 1. The summed E-state index contributed by atoms with van der Waals surface area (Å²) in [5, 5.41) is 0. The van der Waals surface area contributed by atoms with E-state index in [0.717, 1.165) is 29.5 Å². The van der Waals surface area contributed by atoms with Crippen LogP contribution in [0, 0.1) is 0 Å². The average Bonchev–Trinajstić information content (AvgIpc) is 2.86. The maximum absolute atomic E-state index is 11.4. The molecular weight excluding hydrogens is 302 g/mol. The van der Waals surface area contributed by atoms with Gasteiger partial charge in [0.2, 0.25) is 0 Å². The van der Waals surface area contributed by atoms with Gasteiger partial charge in [-0.3, -0.25) is 0 Å². The smallest absolute Gasteiger partial charge is 0.191 e. The first-order valence-electron chi connectivity index (χ1n) is 5.88. The Hall–Kier alpha value is -0.730. The molecule has 1 saturated heterocycles. The lowest BCUT2D eigenvalue weighted by Gasteiger charge is -2.27. The van der Waals surface area contributed by atoms with E-state index in [2.05, 4.69) is 9.89 Å². The molecule has 1 aliphatic heterocycles. The van der Waals surface area contributed by atoms with Crippen molar-refractivity contribution in [1.29, 1.82) is 0 Å². The van der Waals surface area contributed by atoms with E-state index < -0.39 is 9.84 Å². The minimum atomic E-state index is -3.12. The normalized spacial score (nSPS) is 17.7. The molecule has 5 nitrogen and oxygen atoms in total. The molecule has 0 atom stereocenters. The number of nitrogens with zero attached hydrogens (tertiary/aromatic N) is 2. The quantitative estimate of drug-likeness (QED) is 0.665. The molecule has 1 aromatic heterocycles. The van der Waals surface area contributed by atoms with Crippen molar-refractivity contribution >= 4 is 38.9 Å². The van der Waals surface area contributed by atoms with Gasteiger partial charge in [0.15, 0.2) is 15.8 Å². The molecule has 2 rings (SSSR count). The predicted octanol–water partition coefficient (Wildman–Crippen LogP) is 1.02. The highest BCUT2D eigenvalue weighted by atomic mass is 32.2. The number of hydrogen-bond acceptors (Lipinski definition) is 5. The Labute approximate surface area is 121 Å². The standard InChI is InChI=1S/C11H17N3O2S3/c1-19(15,16)10-3-2-9(18-10)8-13-11(12)14-4-6-17-7-5-14/h2-3H,4-8H2,1H3,(H2,12,13). The Balaban J connectivity index is 1.99. The van der Waals surface area contributed by atoms with Crippen molar-refractivity contribution < 1.29 is 8.42 Å². The summed E-state index contributed by atoms with van der Waals surface area (Å²) >= 11 is 3.17. The summed E-state index contributed by atoms with van der Waals surface area (Å²) in [6, 6.07) is 3.42. The number of rotatable bonds is 3. The van der Waals surface area contributed by atoms with E-state index in [0.29, 0.717) is 16.7 Å². The van der Waals surface area contributed by atoms with Crippen molar-refractivity contribution in [3.05, 3.63) is 17.0 Å². The van der Waals surface area contributed by atoms with Crippen molar-refractivity contribution in [2.45, 2.75) is 10.8 Å². The van der Waals surface area contributed by atoms with E-state index in [1.165, 1.54) is 17.6 Å². The van der Waals surface area contributed by atoms with E-state index in [1.54, 1.807) is 12.1 Å². The molecule has 0 saturated carbocycles. The molecule has 1 aliphatic rings. The van der Waals surface area contributed by atoms with Gasteiger partial charge >= 0.3 is 0 Å². The van der Waals surface area contributed by atoms with Gasteiger partial charge in [0.1, 0.15) is 4.21 Å². The molecule has 0 aliphatic carbocycles. The zero-order valence-electron chi connectivity index (χ0n) is 10.7. The molecule has 1 fully saturated rings. The van der Waals surface area contributed by atoms with Crippen LogP contribution in [0.25, 0.3) is 0 Å². The van der Waals surface area contributed by atoms with Crippen LogP contribution in [0.5, 0.6) is 0 Å². The summed E-state index contributed by atoms with van der Waals surface area (Å²) < 4.78 is 23.1. The first-order chi connectivity index (χ1) is 8.97. The van der Waals surface area contributed by atoms with E-state index >= 15 is 0 Å². The fourth-order valence-electron chi connectivity index (χ4n) is 1.69. The largest absolute Gasteiger partial charge is 0.370 e. The zero-order valence-corrected chi connectivity index (χ0v) is 13.2. The molecule has 106 valence electrons. The van der Waals surface area contributed by atoms with Gasteiger partial charge in [-0.2, -0.15) is 11.8 Å². The van der Waals surface area contributed by atoms with Crippen LogP contribution in [0.3, 0.4) is 0 Å². The first-order valence-corrected chi connectivity index (χ1v) is 9.74.